The Balaban J connectivity index is 2.02. The Hall–Kier alpha value is -1.65. The summed E-state index contributed by atoms with van der Waals surface area (Å²) in [5, 5.41) is 2.83. The number of rotatable bonds is 4. The first-order chi connectivity index (χ1) is 7.69. The van der Waals surface area contributed by atoms with Crippen LogP contribution in [0.4, 0.5) is 0 Å². The first kappa shape index (κ1) is 10.9. The van der Waals surface area contributed by atoms with Gasteiger partial charge < -0.3 is 5.32 Å². The van der Waals surface area contributed by atoms with Gasteiger partial charge in [-0.1, -0.05) is 6.92 Å². The molecule has 1 aliphatic carbocycles. The quantitative estimate of drug-likeness (QED) is 0.783. The maximum Gasteiger partial charge on any atom is 0.253 e. The second-order valence-corrected chi connectivity index (χ2v) is 4.04. The summed E-state index contributed by atoms with van der Waals surface area (Å²) in [6, 6.07) is 1.80. The van der Waals surface area contributed by atoms with Crippen LogP contribution in [0.1, 0.15) is 25.5 Å². The molecule has 86 valence electrons. The molecule has 5 heteroatoms. The zero-order valence-corrected chi connectivity index (χ0v) is 9.27. The lowest BCUT2D eigenvalue weighted by Crippen LogP contribution is -2.33. The van der Waals surface area contributed by atoms with Crippen LogP contribution in [0.15, 0.2) is 17.2 Å². The van der Waals surface area contributed by atoms with E-state index in [4.69, 9.17) is 0 Å². The highest BCUT2D eigenvalue weighted by molar-refractivity contribution is 5.76. The Labute approximate surface area is 93.5 Å². The molecule has 0 aromatic carbocycles. The van der Waals surface area contributed by atoms with Gasteiger partial charge in [0.1, 0.15) is 6.54 Å². The van der Waals surface area contributed by atoms with E-state index in [1.807, 2.05) is 6.92 Å². The Bertz CT molecular complexity index is 449. The number of hydrogen-bond acceptors (Lipinski definition) is 3. The first-order valence-electron chi connectivity index (χ1n) is 5.53. The number of nitrogens with one attached hydrogen (secondary N) is 1. The van der Waals surface area contributed by atoms with Gasteiger partial charge in [0.25, 0.3) is 5.56 Å². The van der Waals surface area contributed by atoms with Crippen molar-refractivity contribution in [2.45, 2.75) is 38.8 Å². The van der Waals surface area contributed by atoms with Crippen LogP contribution in [-0.2, 0) is 17.8 Å². The maximum absolute atomic E-state index is 11.6. The zero-order valence-electron chi connectivity index (χ0n) is 9.27. The molecule has 0 atom stereocenters. The molecule has 1 heterocycles. The third-order valence-corrected chi connectivity index (χ3v) is 2.55. The molecule has 5 nitrogen and oxygen atoms in total. The van der Waals surface area contributed by atoms with Gasteiger partial charge in [-0.3, -0.25) is 14.2 Å². The zero-order chi connectivity index (χ0) is 11.5. The van der Waals surface area contributed by atoms with Gasteiger partial charge in [-0.2, -0.15) is 0 Å². The monoisotopic (exact) mass is 221 g/mol. The lowest BCUT2D eigenvalue weighted by molar-refractivity contribution is -0.121. The summed E-state index contributed by atoms with van der Waals surface area (Å²) >= 11 is 0. The molecule has 1 aliphatic rings. The number of aromatic nitrogens is 2. The predicted molar refractivity (Wildman–Crippen MR) is 59.0 cm³/mol. The van der Waals surface area contributed by atoms with Crippen LogP contribution in [0, 0.1) is 0 Å². The lowest BCUT2D eigenvalue weighted by atomic mass is 10.3. The van der Waals surface area contributed by atoms with Crippen molar-refractivity contribution >= 4 is 5.91 Å². The number of nitrogens with zero attached hydrogens (tertiary/aromatic N) is 2. The molecule has 1 aromatic rings. The fourth-order valence-electron chi connectivity index (χ4n) is 1.43. The molecular formula is C11H15N3O2. The van der Waals surface area contributed by atoms with Gasteiger partial charge in [0, 0.05) is 17.8 Å². The highest BCUT2D eigenvalue weighted by Crippen LogP contribution is 2.18. The first-order valence-corrected chi connectivity index (χ1v) is 5.53. The molecule has 16 heavy (non-hydrogen) atoms. The molecule has 0 bridgehead atoms. The fourth-order valence-corrected chi connectivity index (χ4v) is 1.43. The molecule has 0 radical (unpaired) electrons. The van der Waals surface area contributed by atoms with E-state index in [0.717, 1.165) is 25.0 Å². The van der Waals surface area contributed by atoms with E-state index < -0.39 is 0 Å². The van der Waals surface area contributed by atoms with Crippen molar-refractivity contribution < 1.29 is 4.79 Å². The molecule has 2 rings (SSSR count). The minimum Gasteiger partial charge on any atom is -0.352 e. The van der Waals surface area contributed by atoms with Gasteiger partial charge in [-0.15, -0.1) is 0 Å². The highest BCUT2D eigenvalue weighted by Gasteiger charge is 2.23. The van der Waals surface area contributed by atoms with Gasteiger partial charge in [0.15, 0.2) is 0 Å². The molecule has 1 fully saturated rings. The molecule has 0 unspecified atom stereocenters. The third kappa shape index (κ3) is 2.68. The van der Waals surface area contributed by atoms with Gasteiger partial charge in [0.2, 0.25) is 5.91 Å². The van der Waals surface area contributed by atoms with E-state index >= 15 is 0 Å². The molecule has 0 aliphatic heterocycles. The van der Waals surface area contributed by atoms with Crippen molar-refractivity contribution in [1.82, 2.24) is 14.9 Å². The van der Waals surface area contributed by atoms with E-state index in [0.29, 0.717) is 6.04 Å². The molecular weight excluding hydrogens is 206 g/mol. The van der Waals surface area contributed by atoms with Crippen molar-refractivity contribution in [2.75, 3.05) is 0 Å². The number of carbonyl (C=O) groups excluding carboxylic acids is 1. The van der Waals surface area contributed by atoms with Crippen LogP contribution >= 0.6 is 0 Å². The van der Waals surface area contributed by atoms with Crippen LogP contribution in [0.2, 0.25) is 0 Å². The second kappa shape index (κ2) is 4.47. The maximum atomic E-state index is 11.6. The van der Waals surface area contributed by atoms with Gasteiger partial charge >= 0.3 is 0 Å². The van der Waals surface area contributed by atoms with Crippen molar-refractivity contribution in [3.8, 4) is 0 Å². The van der Waals surface area contributed by atoms with E-state index in [2.05, 4.69) is 10.3 Å². The Kier molecular flexibility index (Phi) is 3.03. The van der Waals surface area contributed by atoms with E-state index in [9.17, 15) is 9.59 Å². The van der Waals surface area contributed by atoms with E-state index in [-0.39, 0.29) is 18.0 Å². The Morgan fingerprint density at radius 2 is 2.38 bits per heavy atom. The number of carbonyl (C=O) groups is 1. The lowest BCUT2D eigenvalue weighted by Gasteiger charge is -2.06. The summed E-state index contributed by atoms with van der Waals surface area (Å²) in [6.45, 7) is 2.00. The van der Waals surface area contributed by atoms with E-state index in [1.165, 1.54) is 17.0 Å². The predicted octanol–water partition coefficient (Wildman–Crippen LogP) is 0.0843. The minimum atomic E-state index is -0.169. The van der Waals surface area contributed by atoms with Crippen molar-refractivity contribution in [1.29, 1.82) is 0 Å². The summed E-state index contributed by atoms with van der Waals surface area (Å²) < 4.78 is 1.33. The SMILES string of the molecule is CCc1cc(=O)n(CC(=O)NC2CC2)cn1. The minimum absolute atomic E-state index is 0.0618. The summed E-state index contributed by atoms with van der Waals surface area (Å²) in [4.78, 5) is 27.1. The van der Waals surface area contributed by atoms with Crippen LogP contribution < -0.4 is 10.9 Å². The summed E-state index contributed by atoms with van der Waals surface area (Å²) in [6.07, 6.45) is 4.26. The molecule has 1 aromatic heterocycles. The number of amides is 1. The van der Waals surface area contributed by atoms with Crippen LogP contribution in [-0.4, -0.2) is 21.5 Å². The number of aryl methyl sites for hydroxylation is 1. The molecule has 0 saturated heterocycles. The third-order valence-electron chi connectivity index (χ3n) is 2.55. The Morgan fingerprint density at radius 1 is 1.62 bits per heavy atom. The Morgan fingerprint density at radius 3 is 2.94 bits per heavy atom. The van der Waals surface area contributed by atoms with Gasteiger partial charge in [-0.05, 0) is 19.3 Å². The summed E-state index contributed by atoms with van der Waals surface area (Å²) in [5.74, 6) is -0.115. The highest BCUT2D eigenvalue weighted by atomic mass is 16.2. The van der Waals surface area contributed by atoms with Crippen LogP contribution in [0.5, 0.6) is 0 Å². The topological polar surface area (TPSA) is 64.0 Å². The van der Waals surface area contributed by atoms with Crippen LogP contribution in [0.3, 0.4) is 0 Å². The standard InChI is InChI=1S/C11H15N3O2/c1-2-8-5-11(16)14(7-12-8)6-10(15)13-9-3-4-9/h5,7,9H,2-4,6H2,1H3,(H,13,15). The van der Waals surface area contributed by atoms with Crippen molar-refractivity contribution in [3.05, 3.63) is 28.4 Å². The number of hydrogen-bond donors (Lipinski definition) is 1. The average molecular weight is 221 g/mol. The van der Waals surface area contributed by atoms with Gasteiger partial charge in [-0.25, -0.2) is 4.98 Å². The fraction of sp³-hybridized carbons (Fsp3) is 0.545. The molecule has 1 amide bonds. The van der Waals surface area contributed by atoms with E-state index in [1.54, 1.807) is 0 Å². The van der Waals surface area contributed by atoms with Crippen molar-refractivity contribution in [2.24, 2.45) is 0 Å². The summed E-state index contributed by atoms with van der Waals surface area (Å²) in [7, 11) is 0. The van der Waals surface area contributed by atoms with Crippen molar-refractivity contribution in [3.63, 3.8) is 0 Å². The normalized spacial score (nSPS) is 14.8. The summed E-state index contributed by atoms with van der Waals surface area (Å²) in [5.41, 5.74) is 0.585. The molecule has 1 saturated carbocycles. The average Bonchev–Trinajstić information content (AvgIpc) is 3.05. The molecule has 0 spiro atoms. The second-order valence-electron chi connectivity index (χ2n) is 4.04. The smallest absolute Gasteiger partial charge is 0.253 e. The van der Waals surface area contributed by atoms with Gasteiger partial charge in [0.05, 0.1) is 6.33 Å². The van der Waals surface area contributed by atoms with Crippen LogP contribution in [0.25, 0.3) is 0 Å². The largest absolute Gasteiger partial charge is 0.352 e. The molecule has 1 N–H and O–H groups in total.